The number of benzene rings is 1. The standard InChI is InChI=1S/C16H17N3O4/c1-10(16(22)18-9-11-6-4-3-5-7-11)14-12(20)8-13(21)19(23)15(14)17-2/h3-8,20,23H,9H2,1-2H3,(H,18,22)/b14-10+,17-15?. The third-order valence-electron chi connectivity index (χ3n) is 3.37. The Kier molecular flexibility index (Phi) is 4.92. The molecule has 0 spiro atoms. The molecule has 7 nitrogen and oxygen atoms in total. The number of aliphatic imine (C=N–C) groups is 1. The minimum Gasteiger partial charge on any atom is -0.507 e. The van der Waals surface area contributed by atoms with Crippen LogP contribution >= 0.6 is 0 Å². The van der Waals surface area contributed by atoms with Crippen LogP contribution in [0.5, 0.6) is 0 Å². The van der Waals surface area contributed by atoms with Gasteiger partial charge in [0.25, 0.3) is 5.91 Å². The molecule has 2 amide bonds. The predicted molar refractivity (Wildman–Crippen MR) is 83.7 cm³/mol. The summed E-state index contributed by atoms with van der Waals surface area (Å²) in [4.78, 5) is 27.5. The highest BCUT2D eigenvalue weighted by atomic mass is 16.5. The van der Waals surface area contributed by atoms with Gasteiger partial charge >= 0.3 is 0 Å². The smallest absolute Gasteiger partial charge is 0.279 e. The summed E-state index contributed by atoms with van der Waals surface area (Å²) >= 11 is 0. The van der Waals surface area contributed by atoms with Gasteiger partial charge in [0.1, 0.15) is 5.76 Å². The molecule has 0 atom stereocenters. The fraction of sp³-hybridized carbons (Fsp3) is 0.188. The van der Waals surface area contributed by atoms with E-state index in [0.29, 0.717) is 11.6 Å². The van der Waals surface area contributed by atoms with Crippen molar-refractivity contribution in [1.82, 2.24) is 10.4 Å². The zero-order valence-corrected chi connectivity index (χ0v) is 12.8. The lowest BCUT2D eigenvalue weighted by Gasteiger charge is -2.23. The average Bonchev–Trinajstić information content (AvgIpc) is 2.56. The maximum absolute atomic E-state index is 12.3. The van der Waals surface area contributed by atoms with Crippen LogP contribution in [0.1, 0.15) is 12.5 Å². The van der Waals surface area contributed by atoms with Crippen molar-refractivity contribution < 1.29 is 19.9 Å². The van der Waals surface area contributed by atoms with Crippen molar-refractivity contribution in [2.75, 3.05) is 7.05 Å². The summed E-state index contributed by atoms with van der Waals surface area (Å²) in [6.07, 6.45) is 0.831. The zero-order chi connectivity index (χ0) is 17.0. The molecule has 0 fully saturated rings. The van der Waals surface area contributed by atoms with Crippen LogP contribution in [0.25, 0.3) is 0 Å². The van der Waals surface area contributed by atoms with E-state index in [1.807, 2.05) is 30.3 Å². The normalized spacial score (nSPS) is 18.7. The molecule has 3 N–H and O–H groups in total. The lowest BCUT2D eigenvalue weighted by atomic mass is 10.0. The predicted octanol–water partition coefficient (Wildman–Crippen LogP) is 1.32. The summed E-state index contributed by atoms with van der Waals surface area (Å²) in [6.45, 7) is 1.80. The minimum atomic E-state index is -0.829. The number of rotatable bonds is 3. The summed E-state index contributed by atoms with van der Waals surface area (Å²) in [7, 11) is 1.35. The maximum atomic E-state index is 12.3. The number of carbonyl (C=O) groups is 2. The van der Waals surface area contributed by atoms with Gasteiger partial charge in [0.2, 0.25) is 5.91 Å². The molecular formula is C16H17N3O4. The molecule has 0 saturated carbocycles. The van der Waals surface area contributed by atoms with Crippen molar-refractivity contribution in [3.05, 3.63) is 58.9 Å². The Morgan fingerprint density at radius 1 is 1.30 bits per heavy atom. The van der Waals surface area contributed by atoms with Gasteiger partial charge in [-0.1, -0.05) is 30.3 Å². The summed E-state index contributed by atoms with van der Waals surface area (Å²) in [5, 5.41) is 22.6. The average molecular weight is 315 g/mol. The third-order valence-corrected chi connectivity index (χ3v) is 3.37. The number of nitrogens with one attached hydrogen (secondary N) is 1. The van der Waals surface area contributed by atoms with Crippen LogP contribution in [0, 0.1) is 0 Å². The minimum absolute atomic E-state index is 0.0140. The Balaban J connectivity index is 2.26. The van der Waals surface area contributed by atoms with Crippen LogP contribution in [-0.4, -0.2) is 40.1 Å². The summed E-state index contributed by atoms with van der Waals surface area (Å²) < 4.78 is 0. The van der Waals surface area contributed by atoms with Gasteiger partial charge in [-0.3, -0.25) is 19.8 Å². The summed E-state index contributed by atoms with van der Waals surface area (Å²) in [6, 6.07) is 9.33. The molecule has 1 aromatic carbocycles. The fourth-order valence-corrected chi connectivity index (χ4v) is 2.17. The number of carbonyl (C=O) groups excluding carboxylic acids is 2. The van der Waals surface area contributed by atoms with E-state index in [-0.39, 0.29) is 17.0 Å². The highest BCUT2D eigenvalue weighted by Crippen LogP contribution is 2.21. The molecule has 0 unspecified atom stereocenters. The first kappa shape index (κ1) is 16.4. The molecule has 0 bridgehead atoms. The fourth-order valence-electron chi connectivity index (χ4n) is 2.17. The van der Waals surface area contributed by atoms with Crippen molar-refractivity contribution >= 4 is 17.6 Å². The first-order valence-electron chi connectivity index (χ1n) is 6.90. The summed E-state index contributed by atoms with van der Waals surface area (Å²) in [5.74, 6) is -1.85. The Hall–Kier alpha value is -2.93. The largest absolute Gasteiger partial charge is 0.507 e. The van der Waals surface area contributed by atoms with Crippen molar-refractivity contribution in [3.8, 4) is 0 Å². The van der Waals surface area contributed by atoms with Crippen molar-refractivity contribution in [2.24, 2.45) is 4.99 Å². The number of nitrogens with zero attached hydrogens (tertiary/aromatic N) is 2. The van der Waals surface area contributed by atoms with Gasteiger partial charge in [-0.25, -0.2) is 0 Å². The number of amidine groups is 1. The van der Waals surface area contributed by atoms with Crippen LogP contribution in [-0.2, 0) is 16.1 Å². The van der Waals surface area contributed by atoms with E-state index in [1.54, 1.807) is 0 Å². The molecule has 120 valence electrons. The van der Waals surface area contributed by atoms with E-state index >= 15 is 0 Å². The lowest BCUT2D eigenvalue weighted by molar-refractivity contribution is -0.144. The van der Waals surface area contributed by atoms with Crippen LogP contribution in [0.15, 0.2) is 58.3 Å². The topological polar surface area (TPSA) is 102 Å². The SMILES string of the molecule is CN=C1/C(=C(\C)C(=O)NCc2ccccc2)C(O)=CC(=O)N1O. The molecule has 1 aromatic rings. The van der Waals surface area contributed by atoms with Gasteiger partial charge in [0.15, 0.2) is 5.84 Å². The van der Waals surface area contributed by atoms with E-state index in [2.05, 4.69) is 10.3 Å². The van der Waals surface area contributed by atoms with Crippen molar-refractivity contribution in [3.63, 3.8) is 0 Å². The van der Waals surface area contributed by atoms with Crippen LogP contribution in [0.4, 0.5) is 0 Å². The summed E-state index contributed by atoms with van der Waals surface area (Å²) in [5.41, 5.74) is 1.08. The Labute approximate surface area is 133 Å². The monoisotopic (exact) mass is 315 g/mol. The number of amides is 2. The number of aliphatic hydroxyl groups excluding tert-OH is 1. The van der Waals surface area contributed by atoms with Gasteiger partial charge in [0, 0.05) is 25.2 Å². The van der Waals surface area contributed by atoms with Crippen LogP contribution < -0.4 is 5.32 Å². The van der Waals surface area contributed by atoms with Crippen molar-refractivity contribution in [1.29, 1.82) is 0 Å². The molecule has 1 aliphatic rings. The van der Waals surface area contributed by atoms with Crippen molar-refractivity contribution in [2.45, 2.75) is 13.5 Å². The van der Waals surface area contributed by atoms with E-state index in [4.69, 9.17) is 0 Å². The molecule has 0 aromatic heterocycles. The number of hydrogen-bond donors (Lipinski definition) is 3. The zero-order valence-electron chi connectivity index (χ0n) is 12.8. The molecule has 0 radical (unpaired) electrons. The highest BCUT2D eigenvalue weighted by molar-refractivity contribution is 6.18. The quantitative estimate of drug-likeness (QED) is 0.578. The number of aliphatic hydroxyl groups is 1. The lowest BCUT2D eigenvalue weighted by Crippen LogP contribution is -2.39. The Morgan fingerprint density at radius 2 is 1.96 bits per heavy atom. The van der Waals surface area contributed by atoms with E-state index in [9.17, 15) is 19.9 Å². The second kappa shape index (κ2) is 6.89. The molecule has 0 saturated heterocycles. The first-order valence-corrected chi connectivity index (χ1v) is 6.90. The molecule has 23 heavy (non-hydrogen) atoms. The van der Waals surface area contributed by atoms with Gasteiger partial charge in [0.05, 0.1) is 5.57 Å². The van der Waals surface area contributed by atoms with Gasteiger partial charge < -0.3 is 10.4 Å². The van der Waals surface area contributed by atoms with Gasteiger partial charge in [-0.05, 0) is 12.5 Å². The maximum Gasteiger partial charge on any atom is 0.279 e. The van der Waals surface area contributed by atoms with Crippen LogP contribution in [0.3, 0.4) is 0 Å². The first-order chi connectivity index (χ1) is 11.0. The van der Waals surface area contributed by atoms with E-state index < -0.39 is 17.6 Å². The molecule has 7 heteroatoms. The number of hydroxylamine groups is 2. The molecule has 1 aliphatic heterocycles. The molecular weight excluding hydrogens is 298 g/mol. The van der Waals surface area contributed by atoms with Crippen LogP contribution in [0.2, 0.25) is 0 Å². The second-order valence-electron chi connectivity index (χ2n) is 4.90. The number of hydrogen-bond acceptors (Lipinski definition) is 5. The Morgan fingerprint density at radius 3 is 2.57 bits per heavy atom. The molecule has 2 rings (SSSR count). The molecule has 1 heterocycles. The second-order valence-corrected chi connectivity index (χ2v) is 4.90. The van der Waals surface area contributed by atoms with E-state index in [1.165, 1.54) is 14.0 Å². The van der Waals surface area contributed by atoms with E-state index in [0.717, 1.165) is 11.6 Å². The van der Waals surface area contributed by atoms with Gasteiger partial charge in [-0.15, -0.1) is 0 Å². The molecule has 0 aliphatic carbocycles. The van der Waals surface area contributed by atoms with Gasteiger partial charge in [-0.2, -0.15) is 5.06 Å². The Bertz CT molecular complexity index is 720. The third kappa shape index (κ3) is 3.46. The highest BCUT2D eigenvalue weighted by Gasteiger charge is 2.31.